The van der Waals surface area contributed by atoms with Crippen LogP contribution in [0.15, 0.2) is 53.6 Å². The molecule has 24 heavy (non-hydrogen) atoms. The van der Waals surface area contributed by atoms with E-state index in [1.807, 2.05) is 0 Å². The lowest BCUT2D eigenvalue weighted by atomic mass is 10.1. The summed E-state index contributed by atoms with van der Waals surface area (Å²) in [5.41, 5.74) is 1.00. The first-order valence-electron chi connectivity index (χ1n) is 6.90. The Morgan fingerprint density at radius 2 is 1.92 bits per heavy atom. The van der Waals surface area contributed by atoms with Crippen LogP contribution >= 0.6 is 12.2 Å². The molecule has 0 aliphatic carbocycles. The van der Waals surface area contributed by atoms with Crippen LogP contribution in [0.25, 0.3) is 11.4 Å². The molecule has 8 heteroatoms. The van der Waals surface area contributed by atoms with Gasteiger partial charge >= 0.3 is 5.97 Å². The van der Waals surface area contributed by atoms with E-state index in [1.54, 1.807) is 36.4 Å². The number of aromatic carboxylic acids is 1. The molecule has 0 aliphatic heterocycles. The number of aromatic amines is 1. The van der Waals surface area contributed by atoms with Crippen LogP contribution in [0.1, 0.15) is 15.9 Å². The van der Waals surface area contributed by atoms with Gasteiger partial charge in [0.1, 0.15) is 5.75 Å². The van der Waals surface area contributed by atoms with Gasteiger partial charge in [0.2, 0.25) is 4.77 Å². The van der Waals surface area contributed by atoms with Crippen molar-refractivity contribution in [3.63, 3.8) is 0 Å². The lowest BCUT2D eigenvalue weighted by Gasteiger charge is -2.04. The first-order valence-corrected chi connectivity index (χ1v) is 7.31. The minimum atomic E-state index is -1.05. The summed E-state index contributed by atoms with van der Waals surface area (Å²) in [6.45, 7) is 0. The van der Waals surface area contributed by atoms with Gasteiger partial charge in [-0.25, -0.2) is 9.89 Å². The molecule has 0 saturated carbocycles. The van der Waals surface area contributed by atoms with Gasteiger partial charge in [-0.1, -0.05) is 30.3 Å². The summed E-state index contributed by atoms with van der Waals surface area (Å²) in [7, 11) is 0. The highest BCUT2D eigenvalue weighted by molar-refractivity contribution is 7.71. The Labute approximate surface area is 141 Å². The number of aromatic nitrogens is 3. The summed E-state index contributed by atoms with van der Waals surface area (Å²) in [5.74, 6) is -0.690. The topological polar surface area (TPSA) is 104 Å². The fraction of sp³-hybridized carbons (Fsp3) is 0. The quantitative estimate of drug-likeness (QED) is 0.500. The molecular formula is C16H12N4O3S. The van der Waals surface area contributed by atoms with Crippen molar-refractivity contribution in [2.24, 2.45) is 5.10 Å². The number of aromatic hydroxyl groups is 1. The molecule has 0 unspecified atom stereocenters. The second-order valence-corrected chi connectivity index (χ2v) is 5.20. The van der Waals surface area contributed by atoms with Gasteiger partial charge in [-0.2, -0.15) is 14.9 Å². The van der Waals surface area contributed by atoms with E-state index in [0.29, 0.717) is 17.0 Å². The van der Waals surface area contributed by atoms with E-state index >= 15 is 0 Å². The van der Waals surface area contributed by atoms with Crippen molar-refractivity contribution in [1.29, 1.82) is 0 Å². The maximum Gasteiger partial charge on any atom is 0.336 e. The number of H-pyrrole nitrogens is 1. The molecule has 0 spiro atoms. The molecule has 0 atom stereocenters. The summed E-state index contributed by atoms with van der Waals surface area (Å²) in [5, 5.41) is 30.1. The van der Waals surface area contributed by atoms with E-state index in [4.69, 9.17) is 12.2 Å². The summed E-state index contributed by atoms with van der Waals surface area (Å²) >= 11 is 5.15. The predicted molar refractivity (Wildman–Crippen MR) is 90.9 cm³/mol. The molecule has 7 nitrogen and oxygen atoms in total. The third-order valence-electron chi connectivity index (χ3n) is 3.30. The highest BCUT2D eigenvalue weighted by atomic mass is 32.1. The van der Waals surface area contributed by atoms with E-state index in [9.17, 15) is 15.0 Å². The lowest BCUT2D eigenvalue weighted by molar-refractivity contribution is 0.0696. The van der Waals surface area contributed by atoms with Crippen LogP contribution in [-0.2, 0) is 0 Å². The van der Waals surface area contributed by atoms with E-state index in [2.05, 4.69) is 15.3 Å². The van der Waals surface area contributed by atoms with Crippen molar-refractivity contribution in [1.82, 2.24) is 14.9 Å². The fourth-order valence-corrected chi connectivity index (χ4v) is 2.34. The van der Waals surface area contributed by atoms with Gasteiger partial charge in [-0.3, -0.25) is 0 Å². The van der Waals surface area contributed by atoms with E-state index in [-0.39, 0.29) is 16.1 Å². The summed E-state index contributed by atoms with van der Waals surface area (Å²) < 4.78 is 1.54. The Balaban J connectivity index is 2.07. The van der Waals surface area contributed by atoms with Gasteiger partial charge in [0, 0.05) is 5.56 Å². The molecule has 2 aromatic carbocycles. The molecule has 3 N–H and O–H groups in total. The van der Waals surface area contributed by atoms with Crippen molar-refractivity contribution in [3.05, 3.63) is 64.4 Å². The second kappa shape index (κ2) is 6.47. The average Bonchev–Trinajstić information content (AvgIpc) is 2.94. The normalized spacial score (nSPS) is 11.0. The molecule has 0 saturated heterocycles. The average molecular weight is 340 g/mol. The Hall–Kier alpha value is -3.26. The third-order valence-corrected chi connectivity index (χ3v) is 3.56. The fourth-order valence-electron chi connectivity index (χ4n) is 2.16. The summed E-state index contributed by atoms with van der Waals surface area (Å²) in [4.78, 5) is 11.2. The largest absolute Gasteiger partial charge is 0.507 e. The number of rotatable bonds is 4. The zero-order chi connectivity index (χ0) is 17.1. The number of hydrogen-bond donors (Lipinski definition) is 3. The van der Waals surface area contributed by atoms with E-state index < -0.39 is 5.97 Å². The van der Waals surface area contributed by atoms with Crippen LogP contribution < -0.4 is 0 Å². The van der Waals surface area contributed by atoms with Gasteiger partial charge in [0.25, 0.3) is 0 Å². The number of phenols is 1. The zero-order valence-corrected chi connectivity index (χ0v) is 13.1. The monoisotopic (exact) mass is 340 g/mol. The predicted octanol–water partition coefficient (Wildman–Crippen LogP) is 2.89. The van der Waals surface area contributed by atoms with Gasteiger partial charge in [-0.15, -0.1) is 0 Å². The number of carboxylic acids is 1. The maximum absolute atomic E-state index is 11.2. The highest BCUT2D eigenvalue weighted by Gasteiger charge is 2.12. The molecule has 0 bridgehead atoms. The number of nitrogens with one attached hydrogen (secondary N) is 1. The SMILES string of the molecule is O=C(O)c1ccccc1/C=N/n1c(-c2ccccc2O)n[nH]c1=S. The molecule has 0 amide bonds. The zero-order valence-electron chi connectivity index (χ0n) is 12.2. The maximum atomic E-state index is 11.2. The Bertz CT molecular complexity index is 991. The molecule has 1 heterocycles. The van der Waals surface area contributed by atoms with Crippen LogP contribution in [0.5, 0.6) is 5.75 Å². The number of hydrogen-bond acceptors (Lipinski definition) is 5. The van der Waals surface area contributed by atoms with E-state index in [0.717, 1.165) is 0 Å². The van der Waals surface area contributed by atoms with Gasteiger partial charge in [-0.05, 0) is 30.4 Å². The number of carboxylic acid groups (broad SMARTS) is 1. The second-order valence-electron chi connectivity index (χ2n) is 4.82. The smallest absolute Gasteiger partial charge is 0.336 e. The van der Waals surface area contributed by atoms with Crippen molar-refractivity contribution in [2.45, 2.75) is 0 Å². The van der Waals surface area contributed by atoms with Crippen molar-refractivity contribution < 1.29 is 15.0 Å². The number of benzene rings is 2. The molecule has 1 aromatic heterocycles. The number of carbonyl (C=O) groups is 1. The Kier molecular flexibility index (Phi) is 4.21. The molecule has 0 aliphatic rings. The molecule has 3 aromatic rings. The standard InChI is InChI=1S/C16H12N4O3S/c21-13-8-4-3-7-12(13)14-18-19-16(24)20(14)17-9-10-5-1-2-6-11(10)15(22)23/h1-9,21H,(H,19,24)(H,22,23)/b17-9+. The minimum absolute atomic E-state index is 0.0360. The number of para-hydroxylation sites is 1. The van der Waals surface area contributed by atoms with Crippen LogP contribution in [0.3, 0.4) is 0 Å². The number of nitrogens with zero attached hydrogens (tertiary/aromatic N) is 3. The Morgan fingerprint density at radius 3 is 2.67 bits per heavy atom. The first kappa shape index (κ1) is 15.6. The lowest BCUT2D eigenvalue weighted by Crippen LogP contribution is -2.02. The molecular weight excluding hydrogens is 328 g/mol. The highest BCUT2D eigenvalue weighted by Crippen LogP contribution is 2.26. The van der Waals surface area contributed by atoms with Crippen LogP contribution in [0.4, 0.5) is 0 Å². The minimum Gasteiger partial charge on any atom is -0.507 e. The molecule has 120 valence electrons. The van der Waals surface area contributed by atoms with Gasteiger partial charge in [0.05, 0.1) is 17.3 Å². The first-order chi connectivity index (χ1) is 11.6. The van der Waals surface area contributed by atoms with E-state index in [1.165, 1.54) is 23.0 Å². The van der Waals surface area contributed by atoms with Crippen LogP contribution in [0, 0.1) is 4.77 Å². The molecule has 0 radical (unpaired) electrons. The molecule has 0 fully saturated rings. The van der Waals surface area contributed by atoms with Crippen molar-refractivity contribution in [2.75, 3.05) is 0 Å². The Morgan fingerprint density at radius 1 is 1.21 bits per heavy atom. The van der Waals surface area contributed by atoms with Crippen LogP contribution in [0.2, 0.25) is 0 Å². The molecule has 3 rings (SSSR count). The third kappa shape index (κ3) is 2.95. The number of phenolic OH excluding ortho intramolecular Hbond substituents is 1. The van der Waals surface area contributed by atoms with Crippen LogP contribution in [-0.4, -0.2) is 37.3 Å². The van der Waals surface area contributed by atoms with Gasteiger partial charge < -0.3 is 10.2 Å². The van der Waals surface area contributed by atoms with Crippen molar-refractivity contribution in [3.8, 4) is 17.1 Å². The summed E-state index contributed by atoms with van der Waals surface area (Å²) in [6.07, 6.45) is 1.39. The summed E-state index contributed by atoms with van der Waals surface area (Å²) in [6, 6.07) is 13.1. The van der Waals surface area contributed by atoms with Gasteiger partial charge in [0.15, 0.2) is 5.82 Å². The van der Waals surface area contributed by atoms with Crippen molar-refractivity contribution >= 4 is 24.4 Å².